The average Bonchev–Trinajstić information content (AvgIpc) is 3.32. The summed E-state index contributed by atoms with van der Waals surface area (Å²) in [6.45, 7) is 10.5. The Bertz CT molecular complexity index is 1250. The summed E-state index contributed by atoms with van der Waals surface area (Å²) >= 11 is 0. The maximum Gasteiger partial charge on any atom is 0.170 e. The van der Waals surface area contributed by atoms with Gasteiger partial charge in [0.05, 0.1) is 24.5 Å². The van der Waals surface area contributed by atoms with E-state index in [1.165, 1.54) is 11.1 Å². The highest BCUT2D eigenvalue weighted by molar-refractivity contribution is 5.82. The third kappa shape index (κ3) is 6.79. The van der Waals surface area contributed by atoms with Crippen LogP contribution in [-0.4, -0.2) is 28.4 Å². The van der Waals surface area contributed by atoms with Crippen LogP contribution in [0.25, 0.3) is 10.9 Å². The molecule has 0 spiro atoms. The number of aromatic nitrogens is 3. The van der Waals surface area contributed by atoms with Crippen molar-refractivity contribution in [1.82, 2.24) is 20.4 Å². The number of benzene rings is 2. The van der Waals surface area contributed by atoms with Crippen molar-refractivity contribution < 1.29 is 9.26 Å². The van der Waals surface area contributed by atoms with Crippen LogP contribution in [-0.2, 0) is 18.4 Å². The second kappa shape index (κ2) is 11.3. The Balaban J connectivity index is 1.34. The number of nitrogens with zero attached hydrogens (tertiary/aromatic N) is 3. The lowest BCUT2D eigenvalue weighted by molar-refractivity contribution is 0.310. The minimum absolute atomic E-state index is 0.0551. The quantitative estimate of drug-likeness (QED) is 0.209. The largest absolute Gasteiger partial charge is 0.494 e. The maximum atomic E-state index is 5.84. The molecule has 4 rings (SSSR count). The summed E-state index contributed by atoms with van der Waals surface area (Å²) in [7, 11) is 0. The summed E-state index contributed by atoms with van der Waals surface area (Å²) in [6.07, 6.45) is 4.55. The lowest BCUT2D eigenvalue weighted by Gasteiger charge is -2.12. The third-order valence-electron chi connectivity index (χ3n) is 5.79. The fourth-order valence-electron chi connectivity index (χ4n) is 3.77. The molecule has 0 saturated carbocycles. The van der Waals surface area contributed by atoms with Gasteiger partial charge in [0.15, 0.2) is 5.82 Å². The van der Waals surface area contributed by atoms with Crippen LogP contribution in [0.15, 0.2) is 59.4 Å². The second-order valence-electron chi connectivity index (χ2n) is 9.80. The van der Waals surface area contributed by atoms with Gasteiger partial charge in [0, 0.05) is 35.9 Å². The Morgan fingerprint density at radius 1 is 1.00 bits per heavy atom. The van der Waals surface area contributed by atoms with Crippen molar-refractivity contribution in [1.29, 1.82) is 0 Å². The molecule has 0 unspecified atom stereocenters. The van der Waals surface area contributed by atoms with Crippen molar-refractivity contribution in [3.8, 4) is 5.75 Å². The number of rotatable bonds is 11. The molecular formula is C28H35N5O2. The number of unbranched alkanes of at least 4 members (excludes halogenated alkanes) is 1. The van der Waals surface area contributed by atoms with Gasteiger partial charge >= 0.3 is 0 Å². The molecule has 7 heteroatoms. The van der Waals surface area contributed by atoms with E-state index in [0.29, 0.717) is 6.67 Å². The van der Waals surface area contributed by atoms with Crippen molar-refractivity contribution in [2.24, 2.45) is 0 Å². The lowest BCUT2D eigenvalue weighted by Crippen LogP contribution is -2.21. The molecule has 2 heterocycles. The molecule has 35 heavy (non-hydrogen) atoms. The van der Waals surface area contributed by atoms with Gasteiger partial charge in [-0.1, -0.05) is 63.5 Å². The van der Waals surface area contributed by atoms with Crippen LogP contribution in [0.5, 0.6) is 5.75 Å². The highest BCUT2D eigenvalue weighted by Crippen LogP contribution is 2.25. The van der Waals surface area contributed by atoms with E-state index in [-0.39, 0.29) is 5.41 Å². The van der Waals surface area contributed by atoms with Crippen LogP contribution in [0.4, 0.5) is 5.82 Å². The number of anilines is 1. The first-order valence-corrected chi connectivity index (χ1v) is 12.3. The molecule has 4 aromatic rings. The zero-order valence-electron chi connectivity index (χ0n) is 21.1. The summed E-state index contributed by atoms with van der Waals surface area (Å²) in [5.41, 5.74) is 4.30. The van der Waals surface area contributed by atoms with Crippen LogP contribution in [0.3, 0.4) is 0 Å². The number of hydrogen-bond donors (Lipinski definition) is 2. The van der Waals surface area contributed by atoms with Crippen LogP contribution >= 0.6 is 0 Å². The van der Waals surface area contributed by atoms with E-state index >= 15 is 0 Å². The molecule has 7 nitrogen and oxygen atoms in total. The molecule has 2 aromatic heterocycles. The first-order valence-electron chi connectivity index (χ1n) is 12.3. The smallest absolute Gasteiger partial charge is 0.170 e. The van der Waals surface area contributed by atoms with Gasteiger partial charge in [-0.15, -0.1) is 0 Å². The van der Waals surface area contributed by atoms with Gasteiger partial charge < -0.3 is 14.6 Å². The summed E-state index contributed by atoms with van der Waals surface area (Å²) < 4.78 is 11.3. The Morgan fingerprint density at radius 2 is 1.86 bits per heavy atom. The van der Waals surface area contributed by atoms with E-state index in [1.807, 2.05) is 18.2 Å². The first kappa shape index (κ1) is 24.7. The predicted octanol–water partition coefficient (Wildman–Crippen LogP) is 5.84. The van der Waals surface area contributed by atoms with Crippen LogP contribution < -0.4 is 15.4 Å². The minimum atomic E-state index is -0.0551. The minimum Gasteiger partial charge on any atom is -0.494 e. The number of nitrogens with one attached hydrogen (secondary N) is 2. The Hall–Kier alpha value is -3.45. The molecule has 0 saturated heterocycles. The van der Waals surface area contributed by atoms with E-state index in [4.69, 9.17) is 9.26 Å². The van der Waals surface area contributed by atoms with Crippen molar-refractivity contribution in [3.05, 3.63) is 77.4 Å². The predicted molar refractivity (Wildman–Crippen MR) is 140 cm³/mol. The van der Waals surface area contributed by atoms with Crippen LogP contribution in [0, 0.1) is 0 Å². The molecule has 0 fully saturated rings. The zero-order chi connectivity index (χ0) is 24.7. The highest BCUT2D eigenvalue weighted by Gasteiger charge is 2.19. The summed E-state index contributed by atoms with van der Waals surface area (Å²) in [4.78, 5) is 9.03. The topological polar surface area (TPSA) is 85.1 Å². The van der Waals surface area contributed by atoms with Gasteiger partial charge in [-0.2, -0.15) is 0 Å². The monoisotopic (exact) mass is 473 g/mol. The summed E-state index contributed by atoms with van der Waals surface area (Å²) in [5.74, 6) is 2.47. The number of hydrogen-bond acceptors (Lipinski definition) is 7. The molecular weight excluding hydrogens is 438 g/mol. The molecule has 0 atom stereocenters. The third-order valence-corrected chi connectivity index (χ3v) is 5.79. The molecule has 0 radical (unpaired) electrons. The standard InChI is InChI=1S/C28H35N5O2/c1-5-6-12-34-22-10-11-23-24(30-19-31-25(23)15-22)14-20-8-7-9-21(13-20)17-29-18-32-27-16-26(35-33-27)28(2,3)4/h7-11,13,15-16,19,29H,5-6,12,14,17-18H2,1-4H3,(H,32,33). The Morgan fingerprint density at radius 3 is 2.66 bits per heavy atom. The molecule has 2 N–H and O–H groups in total. The van der Waals surface area contributed by atoms with Crippen LogP contribution in [0.2, 0.25) is 0 Å². The van der Waals surface area contributed by atoms with Crippen LogP contribution in [0.1, 0.15) is 63.1 Å². The van der Waals surface area contributed by atoms with Crippen molar-refractivity contribution >= 4 is 16.7 Å². The van der Waals surface area contributed by atoms with E-state index in [0.717, 1.165) is 66.3 Å². The Kier molecular flexibility index (Phi) is 7.98. The molecule has 0 aliphatic carbocycles. The lowest BCUT2D eigenvalue weighted by atomic mass is 9.93. The fourth-order valence-corrected chi connectivity index (χ4v) is 3.77. The van der Waals surface area contributed by atoms with Gasteiger partial charge in [0.25, 0.3) is 0 Å². The normalized spacial score (nSPS) is 11.7. The molecule has 0 aliphatic rings. The van der Waals surface area contributed by atoms with Crippen molar-refractivity contribution in [3.63, 3.8) is 0 Å². The first-order chi connectivity index (χ1) is 16.9. The Labute approximate surface area is 207 Å². The molecule has 0 aliphatic heterocycles. The van der Waals surface area contributed by atoms with Gasteiger partial charge in [0.2, 0.25) is 0 Å². The zero-order valence-corrected chi connectivity index (χ0v) is 21.1. The molecule has 184 valence electrons. The van der Waals surface area contributed by atoms with Gasteiger partial charge in [0.1, 0.15) is 17.8 Å². The average molecular weight is 474 g/mol. The summed E-state index contributed by atoms with van der Waals surface area (Å²) in [5, 5.41) is 11.8. The van der Waals surface area contributed by atoms with Crippen molar-refractivity contribution in [2.75, 3.05) is 18.6 Å². The highest BCUT2D eigenvalue weighted by atomic mass is 16.5. The number of fused-ring (bicyclic) bond motifs is 1. The van der Waals surface area contributed by atoms with Crippen molar-refractivity contribution in [2.45, 2.75) is 58.9 Å². The molecule has 2 aromatic carbocycles. The maximum absolute atomic E-state index is 5.84. The fraction of sp³-hybridized carbons (Fsp3) is 0.393. The van der Waals surface area contributed by atoms with E-state index in [1.54, 1.807) is 6.33 Å². The van der Waals surface area contributed by atoms with Gasteiger partial charge in [-0.25, -0.2) is 9.97 Å². The van der Waals surface area contributed by atoms with E-state index < -0.39 is 0 Å². The summed E-state index contributed by atoms with van der Waals surface area (Å²) in [6, 6.07) is 16.6. The van der Waals surface area contributed by atoms with E-state index in [2.05, 4.69) is 83.8 Å². The second-order valence-corrected chi connectivity index (χ2v) is 9.80. The SMILES string of the molecule is CCCCOc1ccc2c(Cc3cccc(CNCNc4cc(C(C)(C)C)on4)c3)ncnc2c1. The molecule has 0 amide bonds. The van der Waals surface area contributed by atoms with Gasteiger partial charge in [-0.05, 0) is 29.7 Å². The number of ether oxygens (including phenoxy) is 1. The van der Waals surface area contributed by atoms with E-state index in [9.17, 15) is 0 Å². The molecule has 0 bridgehead atoms. The van der Waals surface area contributed by atoms with Gasteiger partial charge in [-0.3, -0.25) is 5.32 Å².